The number of carbonyl (C=O) groups is 1. The van der Waals surface area contributed by atoms with Crippen molar-refractivity contribution in [1.29, 1.82) is 0 Å². The molecule has 1 aliphatic heterocycles. The summed E-state index contributed by atoms with van der Waals surface area (Å²) in [7, 11) is 0. The van der Waals surface area contributed by atoms with Gasteiger partial charge in [0.2, 0.25) is 0 Å². The van der Waals surface area contributed by atoms with Gasteiger partial charge in [0.15, 0.2) is 0 Å². The molecule has 1 saturated heterocycles. The average molecular weight is 485 g/mol. The van der Waals surface area contributed by atoms with E-state index in [-0.39, 0.29) is 12.1 Å². The molecule has 34 heavy (non-hydrogen) atoms. The number of thiazole rings is 1. The zero-order valence-electron chi connectivity index (χ0n) is 20.9. The fourth-order valence-corrected chi connectivity index (χ4v) is 4.51. The molecule has 0 atom stereocenters. The third-order valence-electron chi connectivity index (χ3n) is 5.50. The van der Waals surface area contributed by atoms with Crippen LogP contribution in [0.2, 0.25) is 0 Å². The number of piperidine rings is 1. The van der Waals surface area contributed by atoms with Crippen molar-refractivity contribution in [2.24, 2.45) is 0 Å². The molecule has 0 unspecified atom stereocenters. The monoisotopic (exact) mass is 484 g/mol. The summed E-state index contributed by atoms with van der Waals surface area (Å²) in [4.78, 5) is 19.9. The van der Waals surface area contributed by atoms with Gasteiger partial charge in [-0.25, -0.2) is 9.78 Å². The van der Waals surface area contributed by atoms with E-state index in [9.17, 15) is 4.79 Å². The van der Waals surface area contributed by atoms with Crippen molar-refractivity contribution in [3.63, 3.8) is 0 Å². The molecule has 2 aromatic rings. The van der Waals surface area contributed by atoms with Crippen molar-refractivity contribution in [2.75, 3.05) is 19.6 Å². The first-order chi connectivity index (χ1) is 16.6. The Labute approximate surface area is 209 Å². The number of hydrogen-bond donors (Lipinski definition) is 2. The summed E-state index contributed by atoms with van der Waals surface area (Å²) >= 11 is 1.49. The normalized spacial score (nSPS) is 14.0. The highest BCUT2D eigenvalue weighted by molar-refractivity contribution is 7.14. The third kappa shape index (κ3) is 8.95. The van der Waals surface area contributed by atoms with Crippen LogP contribution >= 0.6 is 11.3 Å². The Bertz CT molecular complexity index is 887. The SMILES string of the molecule is C=CCc1nc(Oc2ccc(CN3CCC(NC(=O)NCCCC)CC3)cc2)sc1C=C.CC. The Hall–Kier alpha value is -2.64. The molecule has 6 nitrogen and oxygen atoms in total. The summed E-state index contributed by atoms with van der Waals surface area (Å²) in [6.07, 6.45) is 8.41. The number of urea groups is 1. The third-order valence-corrected chi connectivity index (χ3v) is 6.48. The van der Waals surface area contributed by atoms with Crippen LogP contribution in [0, 0.1) is 0 Å². The van der Waals surface area contributed by atoms with Gasteiger partial charge in [0.05, 0.1) is 10.6 Å². The van der Waals surface area contributed by atoms with Crippen LogP contribution in [0.25, 0.3) is 6.08 Å². The number of unbranched alkanes of at least 4 members (excludes halogenated alkanes) is 1. The lowest BCUT2D eigenvalue weighted by Crippen LogP contribution is -2.47. The fraction of sp³-hybridized carbons (Fsp3) is 0.481. The van der Waals surface area contributed by atoms with Crippen LogP contribution in [-0.4, -0.2) is 41.6 Å². The summed E-state index contributed by atoms with van der Waals surface area (Å²) in [5.74, 6) is 0.778. The van der Waals surface area contributed by atoms with Crippen LogP contribution < -0.4 is 15.4 Å². The molecule has 0 saturated carbocycles. The van der Waals surface area contributed by atoms with Crippen molar-refractivity contribution >= 4 is 23.4 Å². The van der Waals surface area contributed by atoms with Crippen molar-refractivity contribution in [2.45, 2.75) is 65.5 Å². The summed E-state index contributed by atoms with van der Waals surface area (Å²) in [6.45, 7) is 17.3. The van der Waals surface area contributed by atoms with Gasteiger partial charge in [-0.15, -0.1) is 6.58 Å². The molecule has 0 bridgehead atoms. The summed E-state index contributed by atoms with van der Waals surface area (Å²) in [5.41, 5.74) is 2.20. The van der Waals surface area contributed by atoms with E-state index in [1.54, 1.807) is 0 Å². The molecule has 2 heterocycles. The predicted molar refractivity (Wildman–Crippen MR) is 144 cm³/mol. The van der Waals surface area contributed by atoms with Gasteiger partial charge < -0.3 is 15.4 Å². The Kier molecular flexibility index (Phi) is 12.4. The quantitative estimate of drug-likeness (QED) is 0.286. The molecule has 3 rings (SSSR count). The van der Waals surface area contributed by atoms with Gasteiger partial charge in [-0.2, -0.15) is 0 Å². The second kappa shape index (κ2) is 15.3. The maximum atomic E-state index is 11.9. The number of rotatable bonds is 11. The molecule has 0 radical (unpaired) electrons. The molecule has 1 aliphatic rings. The van der Waals surface area contributed by atoms with Crippen LogP contribution in [0.15, 0.2) is 43.5 Å². The number of hydrogen-bond acceptors (Lipinski definition) is 5. The number of likely N-dealkylation sites (tertiary alicyclic amines) is 1. The lowest BCUT2D eigenvalue weighted by molar-refractivity contribution is 0.186. The molecule has 2 N–H and O–H groups in total. The van der Waals surface area contributed by atoms with E-state index in [2.05, 4.69) is 52.7 Å². The second-order valence-electron chi connectivity index (χ2n) is 8.04. The van der Waals surface area contributed by atoms with Crippen molar-refractivity contribution in [3.8, 4) is 10.9 Å². The van der Waals surface area contributed by atoms with Gasteiger partial charge in [0, 0.05) is 38.6 Å². The minimum Gasteiger partial charge on any atom is -0.431 e. The first-order valence-electron chi connectivity index (χ1n) is 12.4. The summed E-state index contributed by atoms with van der Waals surface area (Å²) < 4.78 is 5.94. The highest BCUT2D eigenvalue weighted by Gasteiger charge is 2.20. The zero-order chi connectivity index (χ0) is 24.8. The molecule has 1 aromatic heterocycles. The number of nitrogens with zero attached hydrogens (tertiary/aromatic N) is 2. The first kappa shape index (κ1) is 27.6. The van der Waals surface area contributed by atoms with Crippen LogP contribution in [0.4, 0.5) is 4.79 Å². The average Bonchev–Trinajstić information content (AvgIpc) is 3.24. The molecule has 186 valence electrons. The molecule has 7 heteroatoms. The Morgan fingerprint density at radius 2 is 1.94 bits per heavy atom. The topological polar surface area (TPSA) is 66.5 Å². The molecule has 0 aliphatic carbocycles. The van der Waals surface area contributed by atoms with Gasteiger partial charge in [-0.05, 0) is 37.0 Å². The smallest absolute Gasteiger partial charge is 0.315 e. The highest BCUT2D eigenvalue weighted by Crippen LogP contribution is 2.30. The van der Waals surface area contributed by atoms with Gasteiger partial charge in [0.1, 0.15) is 5.75 Å². The van der Waals surface area contributed by atoms with Crippen molar-refractivity contribution in [1.82, 2.24) is 20.5 Å². The minimum absolute atomic E-state index is 0.0375. The summed E-state index contributed by atoms with van der Waals surface area (Å²) in [6, 6.07) is 8.41. The number of amides is 2. The first-order valence-corrected chi connectivity index (χ1v) is 13.2. The highest BCUT2D eigenvalue weighted by atomic mass is 32.1. The number of nitrogens with one attached hydrogen (secondary N) is 2. The van der Waals surface area contributed by atoms with E-state index in [4.69, 9.17) is 4.74 Å². The lowest BCUT2D eigenvalue weighted by atomic mass is 10.0. The van der Waals surface area contributed by atoms with Gasteiger partial charge in [-0.1, -0.05) is 69.4 Å². The van der Waals surface area contributed by atoms with Gasteiger partial charge in [-0.3, -0.25) is 4.90 Å². The van der Waals surface area contributed by atoms with Gasteiger partial charge in [0.25, 0.3) is 5.19 Å². The van der Waals surface area contributed by atoms with Crippen LogP contribution in [-0.2, 0) is 13.0 Å². The van der Waals surface area contributed by atoms with E-state index in [1.807, 2.05) is 38.1 Å². The molecular formula is C27H40N4O2S. The van der Waals surface area contributed by atoms with Crippen molar-refractivity contribution < 1.29 is 9.53 Å². The van der Waals surface area contributed by atoms with E-state index < -0.39 is 0 Å². The van der Waals surface area contributed by atoms with E-state index >= 15 is 0 Å². The standard InChI is InChI=1S/C25H34N4O2S.C2H6/c1-4-7-15-26-24(30)27-20-13-16-29(17-14-20)18-19-9-11-21(12-10-19)31-25-28-22(8-5-2)23(6-3)32-25;1-2/h5-6,9-12,20H,2-4,7-8,13-18H2,1H3,(H2,26,27,30);1-2H3. The maximum absolute atomic E-state index is 11.9. The van der Waals surface area contributed by atoms with Crippen molar-refractivity contribution in [3.05, 3.63) is 59.6 Å². The molecule has 2 amide bonds. The molecular weight excluding hydrogens is 444 g/mol. The van der Waals surface area contributed by atoms with E-state index in [0.717, 1.165) is 68.2 Å². The van der Waals surface area contributed by atoms with Crippen LogP contribution in [0.1, 0.15) is 62.6 Å². The Morgan fingerprint density at radius 3 is 2.56 bits per heavy atom. The zero-order valence-corrected chi connectivity index (χ0v) is 21.8. The minimum atomic E-state index is -0.0375. The fourth-order valence-electron chi connectivity index (χ4n) is 3.70. The summed E-state index contributed by atoms with van der Waals surface area (Å²) in [5, 5.41) is 6.65. The second-order valence-corrected chi connectivity index (χ2v) is 9.03. The number of aromatic nitrogens is 1. The Morgan fingerprint density at radius 1 is 1.24 bits per heavy atom. The van der Waals surface area contributed by atoms with Crippen LogP contribution in [0.5, 0.6) is 10.9 Å². The maximum Gasteiger partial charge on any atom is 0.315 e. The van der Waals surface area contributed by atoms with E-state index in [0.29, 0.717) is 11.6 Å². The van der Waals surface area contributed by atoms with Crippen LogP contribution in [0.3, 0.4) is 0 Å². The largest absolute Gasteiger partial charge is 0.431 e. The number of ether oxygens (including phenoxy) is 1. The molecule has 0 spiro atoms. The molecule has 1 aromatic carbocycles. The Balaban J connectivity index is 0.00000199. The number of benzene rings is 1. The lowest BCUT2D eigenvalue weighted by Gasteiger charge is -2.32. The predicted octanol–water partition coefficient (Wildman–Crippen LogP) is 6.40. The number of carbonyl (C=O) groups excluding carboxylic acids is 1. The number of allylic oxidation sites excluding steroid dienone is 1. The van der Waals surface area contributed by atoms with E-state index in [1.165, 1.54) is 16.9 Å². The molecule has 1 fully saturated rings. The van der Waals surface area contributed by atoms with Gasteiger partial charge >= 0.3 is 6.03 Å².